The van der Waals surface area contributed by atoms with Gasteiger partial charge in [-0.15, -0.1) is 0 Å². The van der Waals surface area contributed by atoms with Crippen molar-refractivity contribution in [1.29, 1.82) is 0 Å². The number of halogens is 1. The van der Waals surface area contributed by atoms with Crippen molar-refractivity contribution in [2.75, 3.05) is 0 Å². The number of nitro groups is 1. The van der Waals surface area contributed by atoms with Crippen molar-refractivity contribution in [2.24, 2.45) is 0 Å². The third-order valence-corrected chi connectivity index (χ3v) is 2.26. The van der Waals surface area contributed by atoms with Gasteiger partial charge in [-0.2, -0.15) is 0 Å². The molecule has 6 nitrogen and oxygen atoms in total. The molecule has 0 bridgehead atoms. The Bertz CT molecular complexity index is 605. The predicted molar refractivity (Wildman–Crippen MR) is 60.9 cm³/mol. The molecule has 1 aromatic heterocycles. The van der Waals surface area contributed by atoms with Crippen LogP contribution >= 0.6 is 0 Å². The molecule has 0 radical (unpaired) electrons. The fourth-order valence-electron chi connectivity index (χ4n) is 1.34. The number of hydrogen-bond acceptors (Lipinski definition) is 5. The Kier molecular flexibility index (Phi) is 3.56. The smallest absolute Gasteiger partial charge is 0.433 e. The van der Waals surface area contributed by atoms with E-state index in [9.17, 15) is 19.3 Å². The van der Waals surface area contributed by atoms with Gasteiger partial charge >= 0.3 is 11.9 Å². The molecule has 0 unspecified atom stereocenters. The zero-order valence-corrected chi connectivity index (χ0v) is 9.54. The van der Waals surface area contributed by atoms with E-state index in [2.05, 4.69) is 4.42 Å². The first-order valence-electron chi connectivity index (χ1n) is 5.22. The Morgan fingerprint density at radius 1 is 1.26 bits per heavy atom. The maximum atomic E-state index is 12.6. The van der Waals surface area contributed by atoms with Crippen molar-refractivity contribution in [3.05, 3.63) is 63.7 Å². The van der Waals surface area contributed by atoms with Crippen molar-refractivity contribution < 1.29 is 23.3 Å². The molecule has 0 fully saturated rings. The van der Waals surface area contributed by atoms with Gasteiger partial charge in [0.15, 0.2) is 0 Å². The van der Waals surface area contributed by atoms with Gasteiger partial charge in [-0.1, -0.05) is 12.1 Å². The molecule has 0 aliphatic carbocycles. The van der Waals surface area contributed by atoms with Gasteiger partial charge in [0, 0.05) is 0 Å². The van der Waals surface area contributed by atoms with E-state index in [-0.39, 0.29) is 12.4 Å². The van der Waals surface area contributed by atoms with Gasteiger partial charge in [-0.05, 0) is 23.8 Å². The maximum Gasteiger partial charge on any atom is 0.433 e. The molecule has 0 amide bonds. The summed E-state index contributed by atoms with van der Waals surface area (Å²) in [5.74, 6) is -2.00. The highest BCUT2D eigenvalue weighted by Crippen LogP contribution is 2.17. The van der Waals surface area contributed by atoms with Crippen LogP contribution in [0.15, 0.2) is 40.8 Å². The Morgan fingerprint density at radius 3 is 2.53 bits per heavy atom. The van der Waals surface area contributed by atoms with Gasteiger partial charge in [0.1, 0.15) is 17.3 Å². The Morgan fingerprint density at radius 2 is 1.95 bits per heavy atom. The minimum absolute atomic E-state index is 0.0758. The van der Waals surface area contributed by atoms with E-state index in [4.69, 9.17) is 4.74 Å². The van der Waals surface area contributed by atoms with Crippen LogP contribution < -0.4 is 0 Å². The molecule has 0 saturated carbocycles. The largest absolute Gasteiger partial charge is 0.455 e. The zero-order valence-electron chi connectivity index (χ0n) is 9.54. The summed E-state index contributed by atoms with van der Waals surface area (Å²) in [7, 11) is 0. The number of ether oxygens (including phenoxy) is 1. The van der Waals surface area contributed by atoms with Crippen LogP contribution in [0.4, 0.5) is 10.3 Å². The molecule has 1 aromatic carbocycles. The van der Waals surface area contributed by atoms with E-state index in [0.717, 1.165) is 12.1 Å². The van der Waals surface area contributed by atoms with Crippen LogP contribution in [-0.2, 0) is 11.3 Å². The van der Waals surface area contributed by atoms with Crippen LogP contribution in [-0.4, -0.2) is 10.9 Å². The molecule has 0 spiro atoms. The van der Waals surface area contributed by atoms with Crippen LogP contribution in [0.5, 0.6) is 0 Å². The van der Waals surface area contributed by atoms with Crippen molar-refractivity contribution in [3.63, 3.8) is 0 Å². The number of nitrogens with zero attached hydrogens (tertiary/aromatic N) is 1. The average Bonchev–Trinajstić information content (AvgIpc) is 2.87. The molecule has 0 atom stereocenters. The fraction of sp³-hybridized carbons (Fsp3) is 0.0833. The Labute approximate surface area is 106 Å². The second-order valence-electron chi connectivity index (χ2n) is 3.60. The van der Waals surface area contributed by atoms with E-state index in [1.807, 2.05) is 0 Å². The molecule has 2 aromatic rings. The minimum atomic E-state index is -0.822. The number of rotatable bonds is 4. The number of benzene rings is 1. The first-order valence-corrected chi connectivity index (χ1v) is 5.22. The van der Waals surface area contributed by atoms with E-state index >= 15 is 0 Å². The Balaban J connectivity index is 1.97. The van der Waals surface area contributed by atoms with E-state index in [1.165, 1.54) is 24.3 Å². The number of furan rings is 1. The molecule has 0 N–H and O–H groups in total. The fourth-order valence-corrected chi connectivity index (χ4v) is 1.34. The minimum Gasteiger partial charge on any atom is -0.455 e. The van der Waals surface area contributed by atoms with Crippen molar-refractivity contribution in [3.8, 4) is 0 Å². The summed E-state index contributed by atoms with van der Waals surface area (Å²) in [5.41, 5.74) is 0.593. The molecule has 0 aliphatic rings. The van der Waals surface area contributed by atoms with Gasteiger partial charge < -0.3 is 9.15 Å². The van der Waals surface area contributed by atoms with Crippen LogP contribution in [0.3, 0.4) is 0 Å². The highest BCUT2D eigenvalue weighted by Gasteiger charge is 2.18. The summed E-state index contributed by atoms with van der Waals surface area (Å²) in [4.78, 5) is 21.1. The monoisotopic (exact) mass is 265 g/mol. The molecular formula is C12H8FNO5. The summed E-state index contributed by atoms with van der Waals surface area (Å²) >= 11 is 0. The molecule has 19 heavy (non-hydrogen) atoms. The number of hydrogen-bond donors (Lipinski definition) is 0. The number of carbonyl (C=O) groups excluding carboxylic acids is 1. The summed E-state index contributed by atoms with van der Waals surface area (Å²) in [6.45, 7) is -0.0758. The topological polar surface area (TPSA) is 82.6 Å². The van der Waals surface area contributed by atoms with Crippen LogP contribution in [0.1, 0.15) is 16.1 Å². The van der Waals surface area contributed by atoms with Crippen LogP contribution in [0.25, 0.3) is 0 Å². The molecule has 0 saturated heterocycles. The quantitative estimate of drug-likeness (QED) is 0.482. The Hall–Kier alpha value is -2.70. The van der Waals surface area contributed by atoms with E-state index < -0.39 is 22.6 Å². The van der Waals surface area contributed by atoms with Crippen LogP contribution in [0.2, 0.25) is 0 Å². The summed E-state index contributed by atoms with van der Waals surface area (Å²) in [5, 5.41) is 10.4. The summed E-state index contributed by atoms with van der Waals surface area (Å²) in [6, 6.07) is 7.63. The second-order valence-corrected chi connectivity index (χ2v) is 3.60. The van der Waals surface area contributed by atoms with Crippen LogP contribution in [0, 0.1) is 15.9 Å². The van der Waals surface area contributed by atoms with Gasteiger partial charge in [-0.25, -0.2) is 9.18 Å². The lowest BCUT2D eigenvalue weighted by Crippen LogP contribution is -2.04. The highest BCUT2D eigenvalue weighted by molar-refractivity contribution is 5.86. The summed E-state index contributed by atoms with van der Waals surface area (Å²) < 4.78 is 22.2. The zero-order chi connectivity index (χ0) is 13.8. The predicted octanol–water partition coefficient (Wildman–Crippen LogP) is 2.68. The van der Waals surface area contributed by atoms with Crippen molar-refractivity contribution in [1.82, 2.24) is 0 Å². The molecule has 7 heteroatoms. The lowest BCUT2D eigenvalue weighted by molar-refractivity contribution is -0.402. The van der Waals surface area contributed by atoms with Gasteiger partial charge in [0.2, 0.25) is 5.76 Å². The molecule has 0 aliphatic heterocycles. The molecule has 1 heterocycles. The molecular weight excluding hydrogens is 257 g/mol. The molecule has 98 valence electrons. The normalized spacial score (nSPS) is 10.2. The first-order chi connectivity index (χ1) is 9.06. The standard InChI is InChI=1S/C12H8FNO5/c13-9-3-1-8(2-4-9)7-18-12(15)10-5-6-11(19-10)14(16)17/h1-6H,7H2. The number of carbonyl (C=O) groups is 1. The number of esters is 1. The highest BCUT2D eigenvalue weighted by atomic mass is 19.1. The third-order valence-electron chi connectivity index (χ3n) is 2.26. The van der Waals surface area contributed by atoms with E-state index in [0.29, 0.717) is 5.56 Å². The average molecular weight is 265 g/mol. The second kappa shape index (κ2) is 5.30. The third kappa shape index (κ3) is 3.15. The lowest BCUT2D eigenvalue weighted by Gasteiger charge is -2.02. The summed E-state index contributed by atoms with van der Waals surface area (Å²) in [6.07, 6.45) is 0. The van der Waals surface area contributed by atoms with Gasteiger partial charge in [0.25, 0.3) is 0 Å². The van der Waals surface area contributed by atoms with E-state index in [1.54, 1.807) is 0 Å². The molecule has 2 rings (SSSR count). The maximum absolute atomic E-state index is 12.6. The van der Waals surface area contributed by atoms with Crippen molar-refractivity contribution >= 4 is 11.9 Å². The SMILES string of the molecule is O=C(OCc1ccc(F)cc1)c1ccc([N+](=O)[O-])o1. The van der Waals surface area contributed by atoms with Gasteiger partial charge in [-0.3, -0.25) is 10.1 Å². The lowest BCUT2D eigenvalue weighted by atomic mass is 10.2. The van der Waals surface area contributed by atoms with Gasteiger partial charge in [0.05, 0.1) is 6.07 Å². The first kappa shape index (κ1) is 12.7. The van der Waals surface area contributed by atoms with Crippen molar-refractivity contribution in [2.45, 2.75) is 6.61 Å².